The van der Waals surface area contributed by atoms with Gasteiger partial charge in [0.2, 0.25) is 5.91 Å². The van der Waals surface area contributed by atoms with Gasteiger partial charge in [0.25, 0.3) is 0 Å². The normalized spacial score (nSPS) is 20.3. The summed E-state index contributed by atoms with van der Waals surface area (Å²) >= 11 is 9.63. The first-order valence-electron chi connectivity index (χ1n) is 7.05. The van der Waals surface area contributed by atoms with E-state index in [2.05, 4.69) is 9.85 Å². The maximum absolute atomic E-state index is 12.9. The Morgan fingerprint density at radius 1 is 1.09 bits per heavy atom. The van der Waals surface area contributed by atoms with Crippen molar-refractivity contribution in [2.45, 2.75) is 10.6 Å². The van der Waals surface area contributed by atoms with Crippen molar-refractivity contribution in [2.75, 3.05) is 6.54 Å². The molecule has 1 aliphatic rings. The average molecular weight is 454 g/mol. The maximum Gasteiger partial charge on any atom is 0.242 e. The summed E-state index contributed by atoms with van der Waals surface area (Å²) in [5.41, 5.74) is 2.10. The lowest BCUT2D eigenvalue weighted by Gasteiger charge is -2.21. The minimum absolute atomic E-state index is 0.0396. The lowest BCUT2D eigenvalue weighted by Crippen LogP contribution is -2.29. The van der Waals surface area contributed by atoms with Gasteiger partial charge in [-0.05, 0) is 27.2 Å². The number of carbonyl (C=O) groups excluding carboxylic acids is 1. The van der Waals surface area contributed by atoms with Gasteiger partial charge in [0.1, 0.15) is 10.6 Å². The molecule has 0 N–H and O–H groups in total. The standard InChI is InChI=1S/C18H13ClINOS/c19-15-9-7-14(8-10-15)18-21(12-4-11-20)17(22)16(23-18)13-5-2-1-3-6-13/h1-3,5-10,16,18H,12H2. The van der Waals surface area contributed by atoms with Crippen LogP contribution in [-0.4, -0.2) is 17.4 Å². The van der Waals surface area contributed by atoms with Gasteiger partial charge < -0.3 is 4.90 Å². The molecule has 2 aromatic carbocycles. The number of hydrogen-bond acceptors (Lipinski definition) is 2. The largest absolute Gasteiger partial charge is 0.314 e. The topological polar surface area (TPSA) is 20.3 Å². The number of carbonyl (C=O) groups is 1. The van der Waals surface area contributed by atoms with Gasteiger partial charge in [0.15, 0.2) is 0 Å². The second kappa shape index (κ2) is 7.61. The molecule has 1 fully saturated rings. The van der Waals surface area contributed by atoms with Crippen molar-refractivity contribution in [3.63, 3.8) is 0 Å². The zero-order valence-corrected chi connectivity index (χ0v) is 15.8. The molecule has 5 heteroatoms. The van der Waals surface area contributed by atoms with E-state index in [0.29, 0.717) is 11.6 Å². The minimum Gasteiger partial charge on any atom is -0.314 e. The van der Waals surface area contributed by atoms with Crippen LogP contribution in [0.4, 0.5) is 0 Å². The third-order valence-electron chi connectivity index (χ3n) is 3.63. The number of thioether (sulfide) groups is 1. The summed E-state index contributed by atoms with van der Waals surface area (Å²) in [5, 5.41) is 0.469. The molecule has 0 radical (unpaired) electrons. The molecule has 0 aliphatic carbocycles. The van der Waals surface area contributed by atoms with Crippen molar-refractivity contribution in [1.82, 2.24) is 4.90 Å². The Labute approximate surface area is 158 Å². The number of benzene rings is 2. The minimum atomic E-state index is -0.187. The van der Waals surface area contributed by atoms with E-state index in [1.54, 1.807) is 11.8 Å². The maximum atomic E-state index is 12.9. The van der Waals surface area contributed by atoms with Crippen molar-refractivity contribution in [3.8, 4) is 9.85 Å². The number of hydrogen-bond donors (Lipinski definition) is 0. The highest BCUT2D eigenvalue weighted by Gasteiger charge is 2.41. The summed E-state index contributed by atoms with van der Waals surface area (Å²) in [4.78, 5) is 14.7. The van der Waals surface area contributed by atoms with Crippen LogP contribution in [0.2, 0.25) is 5.02 Å². The summed E-state index contributed by atoms with van der Waals surface area (Å²) in [6, 6.07) is 17.6. The van der Waals surface area contributed by atoms with Gasteiger partial charge >= 0.3 is 0 Å². The molecule has 0 spiro atoms. The van der Waals surface area contributed by atoms with Gasteiger partial charge in [-0.3, -0.25) is 4.79 Å². The van der Waals surface area contributed by atoms with E-state index in [9.17, 15) is 4.79 Å². The molecule has 2 nitrogen and oxygen atoms in total. The Hall–Kier alpha value is -1.16. The fourth-order valence-corrected chi connectivity index (χ4v) is 4.30. The Balaban J connectivity index is 1.94. The van der Waals surface area contributed by atoms with E-state index < -0.39 is 0 Å². The monoisotopic (exact) mass is 453 g/mol. The summed E-state index contributed by atoms with van der Waals surface area (Å²) in [5.74, 6) is 3.12. The molecule has 1 heterocycles. The Morgan fingerprint density at radius 3 is 2.43 bits per heavy atom. The zero-order valence-electron chi connectivity index (χ0n) is 12.1. The quantitative estimate of drug-likeness (QED) is 0.479. The second-order valence-electron chi connectivity index (χ2n) is 5.07. The van der Waals surface area contributed by atoms with E-state index in [-0.39, 0.29) is 16.5 Å². The Kier molecular flexibility index (Phi) is 5.52. The third kappa shape index (κ3) is 3.68. The molecule has 1 saturated heterocycles. The van der Waals surface area contributed by atoms with Gasteiger partial charge in [-0.15, -0.1) is 11.8 Å². The molecule has 23 heavy (non-hydrogen) atoms. The lowest BCUT2D eigenvalue weighted by atomic mass is 10.1. The van der Waals surface area contributed by atoms with Gasteiger partial charge in [-0.1, -0.05) is 60.0 Å². The van der Waals surface area contributed by atoms with Gasteiger partial charge in [-0.25, -0.2) is 0 Å². The van der Waals surface area contributed by atoms with Crippen LogP contribution in [-0.2, 0) is 4.79 Å². The van der Waals surface area contributed by atoms with Crippen molar-refractivity contribution < 1.29 is 4.79 Å². The second-order valence-corrected chi connectivity index (χ2v) is 7.23. The van der Waals surface area contributed by atoms with E-state index in [4.69, 9.17) is 11.6 Å². The Morgan fingerprint density at radius 2 is 1.78 bits per heavy atom. The smallest absolute Gasteiger partial charge is 0.242 e. The molecule has 3 rings (SSSR count). The average Bonchev–Trinajstić information content (AvgIpc) is 2.91. The third-order valence-corrected chi connectivity index (χ3v) is 5.79. The van der Waals surface area contributed by atoms with Crippen LogP contribution < -0.4 is 0 Å². The fourth-order valence-electron chi connectivity index (χ4n) is 2.54. The van der Waals surface area contributed by atoms with Gasteiger partial charge in [0, 0.05) is 27.6 Å². The van der Waals surface area contributed by atoms with Crippen LogP contribution in [0.5, 0.6) is 0 Å². The molecule has 2 aromatic rings. The predicted octanol–water partition coefficient (Wildman–Crippen LogP) is 5.05. The molecule has 2 atom stereocenters. The van der Waals surface area contributed by atoms with Crippen LogP contribution in [0.25, 0.3) is 0 Å². The summed E-state index contributed by atoms with van der Waals surface area (Å²) in [6.07, 6.45) is 0. The van der Waals surface area contributed by atoms with Crippen LogP contribution in [0, 0.1) is 9.85 Å². The van der Waals surface area contributed by atoms with Crippen molar-refractivity contribution in [3.05, 3.63) is 70.7 Å². The molecule has 0 bridgehead atoms. The predicted molar refractivity (Wildman–Crippen MR) is 104 cm³/mol. The van der Waals surface area contributed by atoms with Crippen LogP contribution >= 0.6 is 46.0 Å². The fraction of sp³-hybridized carbons (Fsp3) is 0.167. The molecule has 1 aliphatic heterocycles. The molecule has 116 valence electrons. The molecular weight excluding hydrogens is 441 g/mol. The van der Waals surface area contributed by atoms with Crippen molar-refractivity contribution in [2.24, 2.45) is 0 Å². The highest BCUT2D eigenvalue weighted by Crippen LogP contribution is 2.50. The highest BCUT2D eigenvalue weighted by atomic mass is 127. The summed E-state index contributed by atoms with van der Waals surface area (Å²) < 4.78 is 2.85. The van der Waals surface area contributed by atoms with E-state index in [1.165, 1.54) is 0 Å². The number of halogens is 2. The highest BCUT2D eigenvalue weighted by molar-refractivity contribution is 14.1. The first-order valence-corrected chi connectivity index (χ1v) is 9.45. The van der Waals surface area contributed by atoms with Crippen molar-refractivity contribution in [1.29, 1.82) is 0 Å². The number of rotatable bonds is 3. The number of amides is 1. The van der Waals surface area contributed by atoms with Crippen LogP contribution in [0.15, 0.2) is 54.6 Å². The van der Waals surface area contributed by atoms with Crippen LogP contribution in [0.1, 0.15) is 21.8 Å². The van der Waals surface area contributed by atoms with E-state index >= 15 is 0 Å². The molecule has 0 aromatic heterocycles. The summed E-state index contributed by atoms with van der Waals surface area (Å²) in [7, 11) is 0. The molecular formula is C18H13ClINOS. The Bertz CT molecular complexity index is 754. The van der Waals surface area contributed by atoms with Crippen LogP contribution in [0.3, 0.4) is 0 Å². The van der Waals surface area contributed by atoms with Gasteiger partial charge in [0.05, 0.1) is 6.54 Å². The number of nitrogens with zero attached hydrogens (tertiary/aromatic N) is 1. The first kappa shape index (κ1) is 16.7. The first-order chi connectivity index (χ1) is 11.2. The lowest BCUT2D eigenvalue weighted by molar-refractivity contribution is -0.129. The molecule has 0 saturated carbocycles. The van der Waals surface area contributed by atoms with Gasteiger partial charge in [-0.2, -0.15) is 0 Å². The van der Waals surface area contributed by atoms with E-state index in [1.807, 2.05) is 82.1 Å². The summed E-state index contributed by atoms with van der Waals surface area (Å²) in [6.45, 7) is 0.436. The zero-order chi connectivity index (χ0) is 16.2. The van der Waals surface area contributed by atoms with E-state index in [0.717, 1.165) is 11.1 Å². The molecule has 1 amide bonds. The molecule has 2 unspecified atom stereocenters. The SMILES string of the molecule is O=C1C(c2ccccc2)SC(c2ccc(Cl)cc2)N1CC#CI. The van der Waals surface area contributed by atoms with Crippen molar-refractivity contribution >= 4 is 51.9 Å².